The first-order valence-corrected chi connectivity index (χ1v) is 5.73. The molecule has 4 nitrogen and oxygen atoms in total. The SMILES string of the molecule is CNc1ccc(-c2cnc3ccccc3c2)nn1. The number of nitrogens with one attached hydrogen (secondary N) is 1. The van der Waals surface area contributed by atoms with Crippen molar-refractivity contribution in [2.75, 3.05) is 12.4 Å². The summed E-state index contributed by atoms with van der Waals surface area (Å²) < 4.78 is 0. The van der Waals surface area contributed by atoms with Crippen molar-refractivity contribution in [3.8, 4) is 11.3 Å². The molecule has 0 saturated carbocycles. The van der Waals surface area contributed by atoms with E-state index in [0.717, 1.165) is 28.0 Å². The van der Waals surface area contributed by atoms with Gasteiger partial charge >= 0.3 is 0 Å². The Balaban J connectivity index is 2.07. The van der Waals surface area contributed by atoms with Gasteiger partial charge in [-0.3, -0.25) is 4.98 Å². The Kier molecular flexibility index (Phi) is 2.61. The number of hydrogen-bond acceptors (Lipinski definition) is 4. The van der Waals surface area contributed by atoms with Crippen LogP contribution in [0.2, 0.25) is 0 Å². The Morgan fingerprint density at radius 2 is 1.89 bits per heavy atom. The Morgan fingerprint density at radius 3 is 2.67 bits per heavy atom. The van der Waals surface area contributed by atoms with Gasteiger partial charge in [-0.2, -0.15) is 0 Å². The Labute approximate surface area is 105 Å². The molecule has 18 heavy (non-hydrogen) atoms. The second-order valence-corrected chi connectivity index (χ2v) is 3.97. The maximum absolute atomic E-state index is 4.42. The lowest BCUT2D eigenvalue weighted by molar-refractivity contribution is 1.04. The summed E-state index contributed by atoms with van der Waals surface area (Å²) in [6.45, 7) is 0. The second-order valence-electron chi connectivity index (χ2n) is 3.97. The molecule has 0 spiro atoms. The monoisotopic (exact) mass is 236 g/mol. The average molecular weight is 236 g/mol. The number of pyridine rings is 1. The van der Waals surface area contributed by atoms with Crippen molar-refractivity contribution >= 4 is 16.7 Å². The van der Waals surface area contributed by atoms with E-state index < -0.39 is 0 Å². The molecule has 0 atom stereocenters. The molecule has 88 valence electrons. The van der Waals surface area contributed by atoms with E-state index in [1.807, 2.05) is 49.6 Å². The molecular formula is C14H12N4. The molecule has 0 radical (unpaired) electrons. The zero-order valence-corrected chi connectivity index (χ0v) is 9.96. The standard InChI is InChI=1S/C14H12N4/c1-15-14-7-6-13(17-18-14)11-8-10-4-2-3-5-12(10)16-9-11/h2-9H,1H3,(H,15,18). The molecule has 0 aliphatic rings. The molecule has 0 aliphatic carbocycles. The predicted molar refractivity (Wildman–Crippen MR) is 72.3 cm³/mol. The van der Waals surface area contributed by atoms with Crippen LogP contribution < -0.4 is 5.32 Å². The predicted octanol–water partition coefficient (Wildman–Crippen LogP) is 2.73. The van der Waals surface area contributed by atoms with Crippen LogP contribution in [0.15, 0.2) is 48.7 Å². The lowest BCUT2D eigenvalue weighted by atomic mass is 10.1. The van der Waals surface area contributed by atoms with E-state index >= 15 is 0 Å². The fourth-order valence-electron chi connectivity index (χ4n) is 1.83. The van der Waals surface area contributed by atoms with Gasteiger partial charge in [0.25, 0.3) is 0 Å². The highest BCUT2D eigenvalue weighted by Gasteiger charge is 2.02. The number of para-hydroxylation sites is 1. The molecule has 0 aliphatic heterocycles. The molecule has 0 unspecified atom stereocenters. The summed E-state index contributed by atoms with van der Waals surface area (Å²) in [6.07, 6.45) is 1.82. The molecule has 0 saturated heterocycles. The number of hydrogen-bond donors (Lipinski definition) is 1. The zero-order chi connectivity index (χ0) is 12.4. The number of benzene rings is 1. The topological polar surface area (TPSA) is 50.7 Å². The van der Waals surface area contributed by atoms with Crippen LogP contribution in [-0.2, 0) is 0 Å². The minimum Gasteiger partial charge on any atom is -0.372 e. The van der Waals surface area contributed by atoms with Crippen LogP contribution in [0, 0.1) is 0 Å². The third kappa shape index (κ3) is 1.88. The van der Waals surface area contributed by atoms with Gasteiger partial charge < -0.3 is 5.32 Å². The van der Waals surface area contributed by atoms with E-state index in [9.17, 15) is 0 Å². The average Bonchev–Trinajstić information content (AvgIpc) is 2.47. The van der Waals surface area contributed by atoms with Crippen LogP contribution >= 0.6 is 0 Å². The van der Waals surface area contributed by atoms with Gasteiger partial charge in [-0.25, -0.2) is 0 Å². The lowest BCUT2D eigenvalue weighted by Gasteiger charge is -2.03. The van der Waals surface area contributed by atoms with E-state index in [1.165, 1.54) is 0 Å². The Hall–Kier alpha value is -2.49. The summed E-state index contributed by atoms with van der Waals surface area (Å²) >= 11 is 0. The van der Waals surface area contributed by atoms with Gasteiger partial charge in [0.1, 0.15) is 5.82 Å². The lowest BCUT2D eigenvalue weighted by Crippen LogP contribution is -1.95. The van der Waals surface area contributed by atoms with Gasteiger partial charge in [-0.1, -0.05) is 18.2 Å². The number of anilines is 1. The van der Waals surface area contributed by atoms with E-state index in [4.69, 9.17) is 0 Å². The van der Waals surface area contributed by atoms with Crippen molar-refractivity contribution < 1.29 is 0 Å². The van der Waals surface area contributed by atoms with Crippen molar-refractivity contribution in [1.29, 1.82) is 0 Å². The van der Waals surface area contributed by atoms with Crippen LogP contribution in [-0.4, -0.2) is 22.2 Å². The summed E-state index contributed by atoms with van der Waals surface area (Å²) in [5, 5.41) is 12.3. The van der Waals surface area contributed by atoms with Crippen molar-refractivity contribution in [2.24, 2.45) is 0 Å². The third-order valence-corrected chi connectivity index (χ3v) is 2.81. The van der Waals surface area contributed by atoms with E-state index in [-0.39, 0.29) is 0 Å². The molecule has 4 heteroatoms. The molecule has 0 amide bonds. The molecule has 3 aromatic rings. The van der Waals surface area contributed by atoms with E-state index in [0.29, 0.717) is 0 Å². The van der Waals surface area contributed by atoms with Crippen LogP contribution in [0.5, 0.6) is 0 Å². The maximum atomic E-state index is 4.42. The molecule has 0 bridgehead atoms. The first-order valence-electron chi connectivity index (χ1n) is 5.73. The molecule has 3 rings (SSSR count). The van der Waals surface area contributed by atoms with Gasteiger partial charge in [0.15, 0.2) is 0 Å². The van der Waals surface area contributed by atoms with Gasteiger partial charge in [-0.05, 0) is 24.3 Å². The van der Waals surface area contributed by atoms with Crippen molar-refractivity contribution in [1.82, 2.24) is 15.2 Å². The highest BCUT2D eigenvalue weighted by Crippen LogP contribution is 2.20. The summed E-state index contributed by atoms with van der Waals surface area (Å²) in [4.78, 5) is 4.42. The van der Waals surface area contributed by atoms with Crippen LogP contribution in [0.1, 0.15) is 0 Å². The van der Waals surface area contributed by atoms with Crippen molar-refractivity contribution in [3.63, 3.8) is 0 Å². The van der Waals surface area contributed by atoms with Crippen LogP contribution in [0.4, 0.5) is 5.82 Å². The van der Waals surface area contributed by atoms with Crippen molar-refractivity contribution in [3.05, 3.63) is 48.7 Å². The minimum absolute atomic E-state index is 0.757. The Bertz CT molecular complexity index is 677. The van der Waals surface area contributed by atoms with Crippen molar-refractivity contribution in [2.45, 2.75) is 0 Å². The van der Waals surface area contributed by atoms with Gasteiger partial charge in [-0.15, -0.1) is 10.2 Å². The van der Waals surface area contributed by atoms with Gasteiger partial charge in [0.2, 0.25) is 0 Å². The summed E-state index contributed by atoms with van der Waals surface area (Å²) in [6, 6.07) is 13.9. The fourth-order valence-corrected chi connectivity index (χ4v) is 1.83. The third-order valence-electron chi connectivity index (χ3n) is 2.81. The number of rotatable bonds is 2. The highest BCUT2D eigenvalue weighted by molar-refractivity contribution is 5.82. The molecule has 0 fully saturated rings. The van der Waals surface area contributed by atoms with E-state index in [1.54, 1.807) is 0 Å². The fraction of sp³-hybridized carbons (Fsp3) is 0.0714. The minimum atomic E-state index is 0.757. The first kappa shape index (κ1) is 10.7. The number of nitrogens with zero attached hydrogens (tertiary/aromatic N) is 3. The zero-order valence-electron chi connectivity index (χ0n) is 9.96. The molecule has 2 heterocycles. The first-order chi connectivity index (χ1) is 8.86. The Morgan fingerprint density at radius 1 is 1.00 bits per heavy atom. The summed E-state index contributed by atoms with van der Waals surface area (Å²) in [7, 11) is 1.82. The number of aromatic nitrogens is 3. The largest absolute Gasteiger partial charge is 0.372 e. The number of fused-ring (bicyclic) bond motifs is 1. The summed E-state index contributed by atoms with van der Waals surface area (Å²) in [5.41, 5.74) is 2.79. The van der Waals surface area contributed by atoms with Crippen LogP contribution in [0.3, 0.4) is 0 Å². The molecular weight excluding hydrogens is 224 g/mol. The highest BCUT2D eigenvalue weighted by atomic mass is 15.2. The van der Waals surface area contributed by atoms with E-state index in [2.05, 4.69) is 26.6 Å². The molecule has 1 aromatic carbocycles. The molecule has 1 N–H and O–H groups in total. The quantitative estimate of drug-likeness (QED) is 0.743. The second kappa shape index (κ2) is 4.41. The van der Waals surface area contributed by atoms with Gasteiger partial charge in [0, 0.05) is 24.2 Å². The maximum Gasteiger partial charge on any atom is 0.148 e. The smallest absolute Gasteiger partial charge is 0.148 e. The normalized spacial score (nSPS) is 10.5. The summed E-state index contributed by atoms with van der Waals surface area (Å²) in [5.74, 6) is 0.757. The molecule has 2 aromatic heterocycles. The van der Waals surface area contributed by atoms with Crippen LogP contribution in [0.25, 0.3) is 22.2 Å². The van der Waals surface area contributed by atoms with Gasteiger partial charge in [0.05, 0.1) is 11.2 Å².